The number of benzene rings is 1. The summed E-state index contributed by atoms with van der Waals surface area (Å²) < 4.78 is 1.84. The quantitative estimate of drug-likeness (QED) is 0.678. The first-order valence-electron chi connectivity index (χ1n) is 8.68. The number of carbonyl (C=O) groups is 2. The van der Waals surface area contributed by atoms with E-state index in [2.05, 4.69) is 15.7 Å². The van der Waals surface area contributed by atoms with Crippen molar-refractivity contribution in [1.29, 1.82) is 0 Å². The first-order chi connectivity index (χ1) is 12.9. The van der Waals surface area contributed by atoms with Crippen LogP contribution in [0.1, 0.15) is 33.0 Å². The van der Waals surface area contributed by atoms with Gasteiger partial charge in [0, 0.05) is 30.5 Å². The van der Waals surface area contributed by atoms with E-state index in [9.17, 15) is 9.59 Å². The van der Waals surface area contributed by atoms with Crippen molar-refractivity contribution in [2.75, 3.05) is 10.6 Å². The van der Waals surface area contributed by atoms with Crippen molar-refractivity contribution in [1.82, 2.24) is 9.78 Å². The van der Waals surface area contributed by atoms with Crippen molar-refractivity contribution < 1.29 is 9.59 Å². The van der Waals surface area contributed by atoms with Crippen molar-refractivity contribution in [2.24, 2.45) is 7.05 Å². The van der Waals surface area contributed by atoms with Gasteiger partial charge in [0.1, 0.15) is 0 Å². The topological polar surface area (TPSA) is 76.0 Å². The Morgan fingerprint density at radius 3 is 2.48 bits per heavy atom. The normalized spacial score (nSPS) is 10.6. The third kappa shape index (κ3) is 4.62. The molecule has 0 unspecified atom stereocenters. The molecule has 3 rings (SSSR count). The Balaban J connectivity index is 1.58. The zero-order valence-electron chi connectivity index (χ0n) is 15.6. The highest BCUT2D eigenvalue weighted by molar-refractivity contribution is 7.12. The van der Waals surface area contributed by atoms with Crippen LogP contribution in [0.2, 0.25) is 0 Å². The zero-order valence-corrected chi connectivity index (χ0v) is 16.4. The number of rotatable bonds is 6. The summed E-state index contributed by atoms with van der Waals surface area (Å²) in [6.07, 6.45) is 1.02. The van der Waals surface area contributed by atoms with E-state index in [1.54, 1.807) is 30.3 Å². The van der Waals surface area contributed by atoms with Crippen LogP contribution in [-0.4, -0.2) is 21.6 Å². The molecule has 0 aliphatic carbocycles. The minimum absolute atomic E-state index is 0.0700. The molecule has 0 radical (unpaired) electrons. The summed E-state index contributed by atoms with van der Waals surface area (Å²) in [6, 6.07) is 10.8. The van der Waals surface area contributed by atoms with Gasteiger partial charge in [0.15, 0.2) is 0 Å². The van der Waals surface area contributed by atoms with Gasteiger partial charge in [0.05, 0.1) is 10.6 Å². The molecule has 2 N–H and O–H groups in total. The van der Waals surface area contributed by atoms with Crippen LogP contribution in [-0.2, 0) is 18.3 Å². The smallest absolute Gasteiger partial charge is 0.265 e. The van der Waals surface area contributed by atoms with Gasteiger partial charge in [0.2, 0.25) is 5.91 Å². The molecule has 140 valence electrons. The lowest BCUT2D eigenvalue weighted by molar-refractivity contribution is -0.116. The average molecular weight is 382 g/mol. The van der Waals surface area contributed by atoms with Gasteiger partial charge in [-0.05, 0) is 55.5 Å². The summed E-state index contributed by atoms with van der Waals surface area (Å²) >= 11 is 1.38. The molecule has 3 aromatic rings. The second-order valence-electron chi connectivity index (χ2n) is 6.33. The number of nitrogens with one attached hydrogen (secondary N) is 2. The minimum Gasteiger partial charge on any atom is -0.326 e. The highest BCUT2D eigenvalue weighted by atomic mass is 32.1. The number of hydrogen-bond acceptors (Lipinski definition) is 4. The molecule has 6 nitrogen and oxygen atoms in total. The fourth-order valence-corrected chi connectivity index (χ4v) is 3.54. The summed E-state index contributed by atoms with van der Waals surface area (Å²) in [5.74, 6) is -0.226. The Kier molecular flexibility index (Phi) is 5.71. The van der Waals surface area contributed by atoms with Crippen LogP contribution in [0.25, 0.3) is 0 Å². The molecule has 0 saturated heterocycles. The lowest BCUT2D eigenvalue weighted by atomic mass is 10.1. The van der Waals surface area contributed by atoms with Gasteiger partial charge in [0.25, 0.3) is 5.91 Å². The second-order valence-corrected chi connectivity index (χ2v) is 7.28. The Morgan fingerprint density at radius 2 is 1.85 bits per heavy atom. The molecule has 27 heavy (non-hydrogen) atoms. The van der Waals surface area contributed by atoms with Crippen molar-refractivity contribution in [2.45, 2.75) is 26.7 Å². The molecule has 0 saturated carbocycles. The minimum atomic E-state index is -0.156. The SMILES string of the molecule is Cc1nn(C)c(C)c1CCC(=O)Nc1cccc(NC(=O)c2cccs2)c1. The number of thiophene rings is 1. The van der Waals surface area contributed by atoms with Crippen LogP contribution >= 0.6 is 11.3 Å². The second kappa shape index (κ2) is 8.18. The molecule has 0 bridgehead atoms. The van der Waals surface area contributed by atoms with E-state index in [0.29, 0.717) is 29.1 Å². The lowest BCUT2D eigenvalue weighted by Gasteiger charge is -2.09. The van der Waals surface area contributed by atoms with E-state index in [0.717, 1.165) is 17.0 Å². The monoisotopic (exact) mass is 382 g/mol. The Labute approximate surface area is 162 Å². The molecule has 0 spiro atoms. The van der Waals surface area contributed by atoms with Crippen LogP contribution in [0, 0.1) is 13.8 Å². The van der Waals surface area contributed by atoms with E-state index in [1.165, 1.54) is 11.3 Å². The Bertz CT molecular complexity index is 961. The summed E-state index contributed by atoms with van der Waals surface area (Å²) in [5, 5.41) is 12.0. The molecule has 2 heterocycles. The molecule has 2 aromatic heterocycles. The zero-order chi connectivity index (χ0) is 19.4. The summed E-state index contributed by atoms with van der Waals surface area (Å²) in [4.78, 5) is 25.1. The van der Waals surface area contributed by atoms with Crippen LogP contribution in [0.15, 0.2) is 41.8 Å². The number of amides is 2. The van der Waals surface area contributed by atoms with E-state index < -0.39 is 0 Å². The van der Waals surface area contributed by atoms with Gasteiger partial charge in [-0.1, -0.05) is 12.1 Å². The number of anilines is 2. The van der Waals surface area contributed by atoms with Crippen molar-refractivity contribution in [3.05, 3.63) is 63.6 Å². The first kappa shape index (κ1) is 18.8. The number of aryl methyl sites for hydroxylation is 2. The van der Waals surface area contributed by atoms with Gasteiger partial charge in [-0.2, -0.15) is 5.10 Å². The van der Waals surface area contributed by atoms with E-state index in [4.69, 9.17) is 0 Å². The van der Waals surface area contributed by atoms with Gasteiger partial charge in [-0.3, -0.25) is 14.3 Å². The molecule has 0 aliphatic heterocycles. The molecule has 0 atom stereocenters. The molecular formula is C20H22N4O2S. The number of aromatic nitrogens is 2. The molecule has 0 fully saturated rings. The molecule has 0 aliphatic rings. The highest BCUT2D eigenvalue weighted by Crippen LogP contribution is 2.19. The fourth-order valence-electron chi connectivity index (χ4n) is 2.92. The molecule has 1 aromatic carbocycles. The number of carbonyl (C=O) groups excluding carboxylic acids is 2. The van der Waals surface area contributed by atoms with Gasteiger partial charge < -0.3 is 10.6 Å². The van der Waals surface area contributed by atoms with Crippen LogP contribution < -0.4 is 10.6 Å². The van der Waals surface area contributed by atoms with Crippen LogP contribution in [0.5, 0.6) is 0 Å². The maximum absolute atomic E-state index is 12.3. The predicted octanol–water partition coefficient (Wildman–Crippen LogP) is 3.92. The largest absolute Gasteiger partial charge is 0.326 e. The maximum atomic E-state index is 12.3. The fraction of sp³-hybridized carbons (Fsp3) is 0.250. The van der Waals surface area contributed by atoms with Crippen molar-refractivity contribution in [3.8, 4) is 0 Å². The average Bonchev–Trinajstić information content (AvgIpc) is 3.23. The summed E-state index contributed by atoms with van der Waals surface area (Å²) in [7, 11) is 1.90. The third-order valence-corrected chi connectivity index (χ3v) is 5.28. The Morgan fingerprint density at radius 1 is 1.11 bits per heavy atom. The number of hydrogen-bond donors (Lipinski definition) is 2. The van der Waals surface area contributed by atoms with Crippen molar-refractivity contribution in [3.63, 3.8) is 0 Å². The van der Waals surface area contributed by atoms with Crippen LogP contribution in [0.3, 0.4) is 0 Å². The van der Waals surface area contributed by atoms with Gasteiger partial charge in [-0.15, -0.1) is 11.3 Å². The van der Waals surface area contributed by atoms with E-state index in [1.807, 2.05) is 37.0 Å². The number of nitrogens with zero attached hydrogens (tertiary/aromatic N) is 2. The third-order valence-electron chi connectivity index (χ3n) is 4.41. The first-order valence-corrected chi connectivity index (χ1v) is 9.56. The standard InChI is InChI=1S/C20H22N4O2S/c1-13-17(14(2)24(3)23-13)9-10-19(25)21-15-6-4-7-16(12-15)22-20(26)18-8-5-11-27-18/h4-8,11-12H,9-10H2,1-3H3,(H,21,25)(H,22,26). The van der Waals surface area contributed by atoms with E-state index >= 15 is 0 Å². The molecule has 2 amide bonds. The summed E-state index contributed by atoms with van der Waals surface area (Å²) in [5.41, 5.74) is 4.46. The van der Waals surface area contributed by atoms with Crippen LogP contribution in [0.4, 0.5) is 11.4 Å². The van der Waals surface area contributed by atoms with E-state index in [-0.39, 0.29) is 11.8 Å². The maximum Gasteiger partial charge on any atom is 0.265 e. The predicted molar refractivity (Wildman–Crippen MR) is 108 cm³/mol. The highest BCUT2D eigenvalue weighted by Gasteiger charge is 2.12. The lowest BCUT2D eigenvalue weighted by Crippen LogP contribution is -2.14. The molecular weight excluding hydrogens is 360 g/mol. The molecule has 7 heteroatoms. The van der Waals surface area contributed by atoms with Gasteiger partial charge in [-0.25, -0.2) is 0 Å². The van der Waals surface area contributed by atoms with Crippen molar-refractivity contribution >= 4 is 34.5 Å². The Hall–Kier alpha value is -2.93. The van der Waals surface area contributed by atoms with Gasteiger partial charge >= 0.3 is 0 Å². The summed E-state index contributed by atoms with van der Waals surface area (Å²) in [6.45, 7) is 3.97.